The van der Waals surface area contributed by atoms with E-state index in [2.05, 4.69) is 100 Å². The molecule has 8 heteroatoms. The van der Waals surface area contributed by atoms with E-state index in [-0.39, 0.29) is 18.2 Å². The molecule has 0 aliphatic carbocycles. The van der Waals surface area contributed by atoms with Gasteiger partial charge in [0.25, 0.3) is 0 Å². The van der Waals surface area contributed by atoms with Gasteiger partial charge in [-0.05, 0) is 104 Å². The first kappa shape index (κ1) is 44.9. The summed E-state index contributed by atoms with van der Waals surface area (Å²) in [6.45, 7) is 29.9. The van der Waals surface area contributed by atoms with Crippen molar-refractivity contribution in [1.82, 2.24) is 0 Å². The van der Waals surface area contributed by atoms with Gasteiger partial charge < -0.3 is 23.1 Å². The van der Waals surface area contributed by atoms with E-state index in [1.54, 1.807) is 6.26 Å². The molecule has 0 amide bonds. The normalized spacial score (nSPS) is 22.5. The Morgan fingerprint density at radius 3 is 2.08 bits per heavy atom. The summed E-state index contributed by atoms with van der Waals surface area (Å²) in [5, 5.41) is 0. The lowest BCUT2D eigenvalue weighted by Crippen LogP contribution is -2.52. The van der Waals surface area contributed by atoms with Gasteiger partial charge in [-0.15, -0.1) is 0 Å². The quantitative estimate of drug-likeness (QED) is 0.0351. The Morgan fingerprint density at radius 1 is 0.922 bits per heavy atom. The van der Waals surface area contributed by atoms with Crippen LogP contribution in [0.5, 0.6) is 0 Å². The Bertz CT molecular complexity index is 1260. The molecule has 288 valence electrons. The molecule has 1 heterocycles. The highest BCUT2D eigenvalue weighted by Crippen LogP contribution is 2.43. The summed E-state index contributed by atoms with van der Waals surface area (Å²) in [6.07, 6.45) is 13.1. The fraction of sp³-hybridized carbons (Fsp3) is 0.651. The molecule has 1 aromatic carbocycles. The first-order valence-corrected chi connectivity index (χ1v) is 24.3. The number of hydrogen-bond acceptors (Lipinski definition) is 6. The van der Waals surface area contributed by atoms with Gasteiger partial charge in [-0.2, -0.15) is 0 Å². The second-order valence-electron chi connectivity index (χ2n) is 15.8. The van der Waals surface area contributed by atoms with Crippen molar-refractivity contribution in [1.29, 1.82) is 0 Å². The third-order valence-corrected chi connectivity index (χ3v) is 21.6. The topological polar surface area (TPSA) is 63.2 Å². The first-order chi connectivity index (χ1) is 24.1. The molecule has 1 aliphatic heterocycles. The fourth-order valence-electron chi connectivity index (χ4n) is 7.84. The van der Waals surface area contributed by atoms with Crippen LogP contribution in [0.25, 0.3) is 0 Å². The predicted molar refractivity (Wildman–Crippen MR) is 219 cm³/mol. The van der Waals surface area contributed by atoms with Gasteiger partial charge in [0.2, 0.25) is 8.32 Å². The molecule has 6 nitrogen and oxygen atoms in total. The second kappa shape index (κ2) is 21.5. The summed E-state index contributed by atoms with van der Waals surface area (Å²) in [5.41, 5.74) is 4.26. The summed E-state index contributed by atoms with van der Waals surface area (Å²) in [5.74, 6) is -0.368. The van der Waals surface area contributed by atoms with Gasteiger partial charge in [0.05, 0.1) is 30.7 Å². The van der Waals surface area contributed by atoms with Crippen molar-refractivity contribution in [2.75, 3.05) is 6.61 Å². The van der Waals surface area contributed by atoms with E-state index in [1.165, 1.54) is 11.6 Å². The molecular weight excluding hydrogens is 669 g/mol. The van der Waals surface area contributed by atoms with Crippen LogP contribution in [0, 0.1) is 0 Å². The van der Waals surface area contributed by atoms with Crippen LogP contribution in [0.3, 0.4) is 0 Å². The largest absolute Gasteiger partial charge is 0.497 e. The first-order valence-electron chi connectivity index (χ1n) is 19.6. The summed E-state index contributed by atoms with van der Waals surface area (Å²) < 4.78 is 33.0. The van der Waals surface area contributed by atoms with E-state index in [0.29, 0.717) is 36.3 Å². The van der Waals surface area contributed by atoms with Crippen molar-refractivity contribution in [3.8, 4) is 0 Å². The minimum atomic E-state index is -2.09. The van der Waals surface area contributed by atoms with Crippen molar-refractivity contribution >= 4 is 22.6 Å². The zero-order valence-electron chi connectivity index (χ0n) is 34.4. The summed E-state index contributed by atoms with van der Waals surface area (Å²) in [6, 6.07) is 13.2. The van der Waals surface area contributed by atoms with E-state index in [0.717, 1.165) is 42.1 Å². The molecule has 0 unspecified atom stereocenters. The number of carbonyl (C=O) groups excluding carboxylic acids is 1. The van der Waals surface area contributed by atoms with Crippen LogP contribution in [0.2, 0.25) is 34.8 Å². The van der Waals surface area contributed by atoms with Crippen LogP contribution in [-0.2, 0) is 34.5 Å². The molecule has 0 saturated heterocycles. The van der Waals surface area contributed by atoms with E-state index in [9.17, 15) is 4.79 Å². The maximum absolute atomic E-state index is 12.8. The summed E-state index contributed by atoms with van der Waals surface area (Å²) in [4.78, 5) is 12.8. The molecule has 1 aliphatic rings. The maximum atomic E-state index is 12.8. The number of ether oxygens (including phenoxy) is 3. The SMILES string of the molecule is CC[Si](CC)(CC)O[C@]1(C)CC/C=C(/CO[Si](C(C)C)(C(C)C)C(C)C)C[C@H](/C=C(C)/C=C/OCc2ccccc2)O[C@@H]1/C=C/C(=O)OC(C)C. The minimum Gasteiger partial charge on any atom is -0.497 e. The Morgan fingerprint density at radius 2 is 1.53 bits per heavy atom. The van der Waals surface area contributed by atoms with Crippen LogP contribution in [0.15, 0.2) is 78.1 Å². The highest BCUT2D eigenvalue weighted by atomic mass is 28.4. The highest BCUT2D eigenvalue weighted by molar-refractivity contribution is 6.77. The van der Waals surface area contributed by atoms with Gasteiger partial charge in [-0.1, -0.05) is 105 Å². The third-order valence-electron chi connectivity index (χ3n) is 10.8. The second-order valence-corrected chi connectivity index (χ2v) is 26.0. The van der Waals surface area contributed by atoms with Gasteiger partial charge in [-0.3, -0.25) is 0 Å². The van der Waals surface area contributed by atoms with Gasteiger partial charge in [-0.25, -0.2) is 4.79 Å². The number of carbonyl (C=O) groups is 1. The van der Waals surface area contributed by atoms with Crippen molar-refractivity contribution in [2.24, 2.45) is 0 Å². The predicted octanol–water partition coefficient (Wildman–Crippen LogP) is 12.0. The Kier molecular flexibility index (Phi) is 18.9. The van der Waals surface area contributed by atoms with Crippen molar-refractivity contribution < 1.29 is 27.9 Å². The van der Waals surface area contributed by atoms with Crippen molar-refractivity contribution in [3.05, 3.63) is 83.7 Å². The van der Waals surface area contributed by atoms with E-state index >= 15 is 0 Å². The van der Waals surface area contributed by atoms with Gasteiger partial charge >= 0.3 is 5.97 Å². The molecule has 1 aromatic rings. The Balaban J connectivity index is 2.59. The third kappa shape index (κ3) is 13.6. The van der Waals surface area contributed by atoms with Crippen molar-refractivity contribution in [3.63, 3.8) is 0 Å². The minimum absolute atomic E-state index is 0.203. The monoisotopic (exact) mass is 740 g/mol. The fourth-order valence-corrected chi connectivity index (χ4v) is 16.4. The van der Waals surface area contributed by atoms with Crippen LogP contribution < -0.4 is 0 Å². The lowest BCUT2D eigenvalue weighted by molar-refractivity contribution is -0.141. The van der Waals surface area contributed by atoms with E-state index < -0.39 is 28.3 Å². The Hall–Kier alpha value is -2.24. The van der Waals surface area contributed by atoms with Gasteiger partial charge in [0.15, 0.2) is 8.32 Å². The maximum Gasteiger partial charge on any atom is 0.330 e. The van der Waals surface area contributed by atoms with E-state index in [1.807, 2.05) is 44.2 Å². The average Bonchev–Trinajstić information content (AvgIpc) is 3.12. The molecule has 3 atom stereocenters. The van der Waals surface area contributed by atoms with Gasteiger partial charge in [0.1, 0.15) is 12.7 Å². The van der Waals surface area contributed by atoms with Crippen LogP contribution in [-0.4, -0.2) is 53.1 Å². The number of hydrogen-bond donors (Lipinski definition) is 0. The zero-order valence-corrected chi connectivity index (χ0v) is 36.4. The average molecular weight is 741 g/mol. The molecule has 0 saturated carbocycles. The van der Waals surface area contributed by atoms with Crippen LogP contribution in [0.4, 0.5) is 0 Å². The van der Waals surface area contributed by atoms with Gasteiger partial charge in [0, 0.05) is 12.5 Å². The Labute approximate surface area is 314 Å². The smallest absolute Gasteiger partial charge is 0.330 e. The molecule has 0 radical (unpaired) electrons. The lowest BCUT2D eigenvalue weighted by Gasteiger charge is -2.44. The van der Waals surface area contributed by atoms with Crippen LogP contribution in [0.1, 0.15) is 115 Å². The summed E-state index contributed by atoms with van der Waals surface area (Å²) >= 11 is 0. The number of esters is 1. The molecule has 0 aromatic heterocycles. The lowest BCUT2D eigenvalue weighted by atomic mass is 9.92. The molecular formula is C43H72O6Si2. The van der Waals surface area contributed by atoms with E-state index in [4.69, 9.17) is 23.1 Å². The van der Waals surface area contributed by atoms with Crippen LogP contribution >= 0.6 is 0 Å². The van der Waals surface area contributed by atoms with Crippen molar-refractivity contribution in [2.45, 2.75) is 175 Å². The number of rotatable bonds is 19. The standard InChI is InChI=1S/C43H72O6Si2/c1-14-50(15-2,16-3)49-43(13)27-20-23-39(32-46-51(34(6)7,35(8)9)36(10)11)30-40(48-41(43)24-25-42(44)47-33(4)5)29-37(12)26-28-45-31-38-21-18-17-19-22-38/h17-19,21-26,28-29,33-36,40-41H,14-16,20,27,30-32H2,1-13H3/b25-24+,28-26+,37-29+,39-23+/t40-,41+,43+/m0/s1. The number of benzene rings is 1. The molecule has 0 fully saturated rings. The zero-order chi connectivity index (χ0) is 38.2. The molecule has 0 bridgehead atoms. The molecule has 2 rings (SSSR count). The molecule has 51 heavy (non-hydrogen) atoms. The molecule has 0 spiro atoms. The molecule has 0 N–H and O–H groups in total. The highest BCUT2D eigenvalue weighted by Gasteiger charge is 2.46. The summed E-state index contributed by atoms with van der Waals surface area (Å²) in [7, 11) is -4.16. The number of allylic oxidation sites excluding steroid dienone is 3.